The Labute approximate surface area is 251 Å². The lowest BCUT2D eigenvalue weighted by atomic mass is 9.80. The second-order valence-electron chi connectivity index (χ2n) is 12.7. The van der Waals surface area contributed by atoms with Crippen LogP contribution in [0.15, 0.2) is 48.5 Å². The maximum Gasteiger partial charge on any atom is 0.245 e. The average molecular weight is 579 g/mol. The molecule has 0 spiro atoms. The molecule has 7 heteroatoms. The van der Waals surface area contributed by atoms with Gasteiger partial charge in [-0.05, 0) is 59.9 Å². The van der Waals surface area contributed by atoms with Crippen LogP contribution in [0.1, 0.15) is 81.5 Å². The number of fused-ring (bicyclic) bond motifs is 1. The number of hydrogen-bond donors (Lipinski definition) is 2. The Morgan fingerprint density at radius 1 is 0.976 bits per heavy atom. The smallest absolute Gasteiger partial charge is 0.245 e. The summed E-state index contributed by atoms with van der Waals surface area (Å²) in [5.41, 5.74) is 3.40. The Morgan fingerprint density at radius 3 is 2.39 bits per heavy atom. The van der Waals surface area contributed by atoms with E-state index in [0.717, 1.165) is 31.1 Å². The molecule has 0 aromatic heterocycles. The molecule has 2 heterocycles. The number of hydrogen-bond acceptors (Lipinski definition) is 4. The fraction of sp³-hybridized carbons (Fsp3) is 0.588. The molecule has 222 valence electrons. The van der Waals surface area contributed by atoms with Gasteiger partial charge in [-0.1, -0.05) is 81.1 Å². The number of piperazine rings is 1. The summed E-state index contributed by atoms with van der Waals surface area (Å²) in [6.45, 7) is 8.67. The van der Waals surface area contributed by atoms with Crippen molar-refractivity contribution in [1.82, 2.24) is 20.4 Å². The summed E-state index contributed by atoms with van der Waals surface area (Å²) in [5, 5.41) is 7.25. The third-order valence-corrected chi connectivity index (χ3v) is 9.60. The minimum atomic E-state index is -0.600. The standard InChI is InChI=1S/C34H47ClN4O2/c1-24(2)20-32(26-8-4-3-5-9-26)38-16-18-39(19-17-38)34(41)31(21-25-12-14-28(35)15-13-25)37-33(40)22-30-29-11-7-6-10-27(29)23-36-30/h6-7,10-15,24,26,30-32,36H,3-5,8-9,16-23H2,1-2H3,(H,37,40)/t30?,31-,32?/m1/s1. The van der Waals surface area contributed by atoms with E-state index in [9.17, 15) is 9.59 Å². The maximum absolute atomic E-state index is 13.9. The summed E-state index contributed by atoms with van der Waals surface area (Å²) in [6.07, 6.45) is 8.75. The van der Waals surface area contributed by atoms with Crippen LogP contribution in [-0.4, -0.2) is 59.9 Å². The number of carbonyl (C=O) groups is 2. The highest BCUT2D eigenvalue weighted by atomic mass is 35.5. The zero-order chi connectivity index (χ0) is 28.8. The normalized spacial score (nSPS) is 21.5. The molecular weight excluding hydrogens is 532 g/mol. The Morgan fingerprint density at radius 2 is 1.68 bits per heavy atom. The zero-order valence-corrected chi connectivity index (χ0v) is 25.5. The fourth-order valence-corrected chi connectivity index (χ4v) is 7.32. The van der Waals surface area contributed by atoms with Crippen molar-refractivity contribution >= 4 is 23.4 Å². The van der Waals surface area contributed by atoms with Gasteiger partial charge in [0, 0.05) is 62.7 Å². The van der Waals surface area contributed by atoms with Gasteiger partial charge in [0.25, 0.3) is 0 Å². The summed E-state index contributed by atoms with van der Waals surface area (Å²) < 4.78 is 0. The molecule has 2 aliphatic heterocycles. The van der Waals surface area contributed by atoms with Gasteiger partial charge in [0.1, 0.15) is 6.04 Å². The number of rotatable bonds is 10. The van der Waals surface area contributed by atoms with Crippen molar-refractivity contribution in [2.45, 2.75) is 89.9 Å². The van der Waals surface area contributed by atoms with E-state index in [0.29, 0.717) is 42.9 Å². The molecule has 1 aliphatic carbocycles. The lowest BCUT2D eigenvalue weighted by Gasteiger charge is -2.44. The Balaban J connectivity index is 1.24. The van der Waals surface area contributed by atoms with Crippen LogP contribution in [0.3, 0.4) is 0 Å². The molecule has 0 bridgehead atoms. The van der Waals surface area contributed by atoms with Crippen LogP contribution in [0.5, 0.6) is 0 Å². The largest absolute Gasteiger partial charge is 0.344 e. The third kappa shape index (κ3) is 7.91. The van der Waals surface area contributed by atoms with Crippen molar-refractivity contribution in [1.29, 1.82) is 0 Å². The minimum Gasteiger partial charge on any atom is -0.344 e. The first-order chi connectivity index (χ1) is 19.9. The first-order valence-electron chi connectivity index (χ1n) is 15.7. The van der Waals surface area contributed by atoms with Crippen LogP contribution in [0.2, 0.25) is 5.02 Å². The van der Waals surface area contributed by atoms with E-state index in [4.69, 9.17) is 11.6 Å². The van der Waals surface area contributed by atoms with Crippen molar-refractivity contribution in [2.75, 3.05) is 26.2 Å². The average Bonchev–Trinajstić information content (AvgIpc) is 3.39. The van der Waals surface area contributed by atoms with Gasteiger partial charge in [-0.2, -0.15) is 0 Å². The van der Waals surface area contributed by atoms with E-state index in [1.165, 1.54) is 49.7 Å². The first-order valence-corrected chi connectivity index (χ1v) is 16.1. The third-order valence-electron chi connectivity index (χ3n) is 9.35. The SMILES string of the molecule is CC(C)CC(C1CCCCC1)N1CCN(C(=O)[C@@H](Cc2ccc(Cl)cc2)NC(=O)CC2NCc3ccccc32)CC1. The van der Waals surface area contributed by atoms with Crippen LogP contribution >= 0.6 is 11.6 Å². The molecule has 3 atom stereocenters. The van der Waals surface area contributed by atoms with Gasteiger partial charge < -0.3 is 15.5 Å². The number of carbonyl (C=O) groups excluding carboxylic acids is 2. The summed E-state index contributed by atoms with van der Waals surface area (Å²) in [7, 11) is 0. The van der Waals surface area contributed by atoms with Crippen LogP contribution in [0.4, 0.5) is 0 Å². The van der Waals surface area contributed by atoms with E-state index < -0.39 is 6.04 Å². The molecule has 1 saturated heterocycles. The highest BCUT2D eigenvalue weighted by molar-refractivity contribution is 6.30. The van der Waals surface area contributed by atoms with Crippen LogP contribution in [-0.2, 0) is 22.6 Å². The predicted molar refractivity (Wildman–Crippen MR) is 166 cm³/mol. The summed E-state index contributed by atoms with van der Waals surface area (Å²) in [6, 6.07) is 15.8. The van der Waals surface area contributed by atoms with Crippen molar-refractivity contribution < 1.29 is 9.59 Å². The van der Waals surface area contributed by atoms with E-state index in [1.807, 2.05) is 41.3 Å². The van der Waals surface area contributed by atoms with Crippen molar-refractivity contribution in [3.8, 4) is 0 Å². The molecule has 5 rings (SSSR count). The van der Waals surface area contributed by atoms with E-state index in [-0.39, 0.29) is 17.9 Å². The summed E-state index contributed by atoms with van der Waals surface area (Å²) in [4.78, 5) is 31.9. The number of nitrogens with one attached hydrogen (secondary N) is 2. The molecular formula is C34H47ClN4O2. The van der Waals surface area contributed by atoms with Gasteiger partial charge in [-0.15, -0.1) is 0 Å². The Bertz CT molecular complexity index is 1160. The molecule has 2 aromatic carbocycles. The van der Waals surface area contributed by atoms with E-state index in [1.54, 1.807) is 0 Å². The van der Waals surface area contributed by atoms with Crippen molar-refractivity contribution in [3.05, 3.63) is 70.2 Å². The molecule has 2 unspecified atom stereocenters. The quantitative estimate of drug-likeness (QED) is 0.377. The Hall–Kier alpha value is -2.41. The molecule has 2 amide bonds. The molecule has 0 radical (unpaired) electrons. The van der Waals surface area contributed by atoms with Gasteiger partial charge in [0.15, 0.2) is 0 Å². The molecule has 2 aromatic rings. The topological polar surface area (TPSA) is 64.7 Å². The molecule has 2 N–H and O–H groups in total. The fourth-order valence-electron chi connectivity index (χ4n) is 7.19. The summed E-state index contributed by atoms with van der Waals surface area (Å²) >= 11 is 6.12. The number of nitrogens with zero attached hydrogens (tertiary/aromatic N) is 2. The zero-order valence-electron chi connectivity index (χ0n) is 24.8. The minimum absolute atomic E-state index is 0.0193. The van der Waals surface area contributed by atoms with Crippen molar-refractivity contribution in [3.63, 3.8) is 0 Å². The molecule has 3 aliphatic rings. The van der Waals surface area contributed by atoms with Gasteiger partial charge in [-0.3, -0.25) is 14.5 Å². The Kier molecular flexibility index (Phi) is 10.4. The second kappa shape index (κ2) is 14.2. The van der Waals surface area contributed by atoms with E-state index in [2.05, 4.69) is 41.5 Å². The lowest BCUT2D eigenvalue weighted by molar-refractivity contribution is -0.138. The van der Waals surface area contributed by atoms with Gasteiger partial charge in [0.2, 0.25) is 11.8 Å². The number of amides is 2. The highest BCUT2D eigenvalue weighted by Crippen LogP contribution is 2.33. The van der Waals surface area contributed by atoms with Crippen LogP contribution < -0.4 is 10.6 Å². The molecule has 1 saturated carbocycles. The van der Waals surface area contributed by atoms with Gasteiger partial charge in [-0.25, -0.2) is 0 Å². The van der Waals surface area contributed by atoms with Crippen LogP contribution in [0, 0.1) is 11.8 Å². The van der Waals surface area contributed by atoms with Crippen LogP contribution in [0.25, 0.3) is 0 Å². The second-order valence-corrected chi connectivity index (χ2v) is 13.2. The van der Waals surface area contributed by atoms with E-state index >= 15 is 0 Å². The first kappa shape index (κ1) is 30.1. The number of benzene rings is 2. The lowest BCUT2D eigenvalue weighted by Crippen LogP contribution is -2.58. The molecule has 41 heavy (non-hydrogen) atoms. The number of halogens is 1. The monoisotopic (exact) mass is 578 g/mol. The highest BCUT2D eigenvalue weighted by Gasteiger charge is 2.35. The van der Waals surface area contributed by atoms with Crippen molar-refractivity contribution in [2.24, 2.45) is 11.8 Å². The van der Waals surface area contributed by atoms with Gasteiger partial charge in [0.05, 0.1) is 0 Å². The summed E-state index contributed by atoms with van der Waals surface area (Å²) in [5.74, 6) is 1.37. The van der Waals surface area contributed by atoms with Gasteiger partial charge >= 0.3 is 0 Å². The molecule has 2 fully saturated rings. The maximum atomic E-state index is 13.9. The predicted octanol–water partition coefficient (Wildman–Crippen LogP) is 5.74. The molecule has 6 nitrogen and oxygen atoms in total.